The Labute approximate surface area is 133 Å². The molecule has 5 nitrogen and oxygen atoms in total. The maximum atomic E-state index is 12.7. The zero-order chi connectivity index (χ0) is 15.9. The number of amides is 2. The highest BCUT2D eigenvalue weighted by Crippen LogP contribution is 2.55. The minimum Gasteiger partial charge on any atom is -0.351 e. The van der Waals surface area contributed by atoms with Crippen LogP contribution in [0.3, 0.4) is 0 Å². The smallest absolute Gasteiger partial charge is 0.328 e. The molecule has 4 saturated carbocycles. The second kappa shape index (κ2) is 6.02. The van der Waals surface area contributed by atoms with E-state index in [1.807, 2.05) is 6.92 Å². The summed E-state index contributed by atoms with van der Waals surface area (Å²) in [5, 5.41) is 0. The van der Waals surface area contributed by atoms with Gasteiger partial charge in [0.2, 0.25) is 10.0 Å². The Balaban J connectivity index is 1.81. The fourth-order valence-corrected chi connectivity index (χ4v) is 7.14. The highest BCUT2D eigenvalue weighted by Gasteiger charge is 2.53. The Morgan fingerprint density at radius 2 is 1.59 bits per heavy atom. The third-order valence-corrected chi connectivity index (χ3v) is 7.80. The molecule has 126 valence electrons. The van der Waals surface area contributed by atoms with Gasteiger partial charge in [0.25, 0.3) is 0 Å². The van der Waals surface area contributed by atoms with Crippen LogP contribution >= 0.6 is 0 Å². The maximum absolute atomic E-state index is 12.7. The number of hydrogen-bond donors (Lipinski definition) is 1. The van der Waals surface area contributed by atoms with Gasteiger partial charge in [-0.2, -0.15) is 0 Å². The lowest BCUT2D eigenvalue weighted by Crippen LogP contribution is -2.60. The molecule has 4 aliphatic carbocycles. The molecule has 2 N–H and O–H groups in total. The van der Waals surface area contributed by atoms with Crippen molar-refractivity contribution in [2.45, 2.75) is 64.3 Å². The number of sulfonamides is 1. The average Bonchev–Trinajstić information content (AvgIpc) is 2.41. The Kier molecular flexibility index (Phi) is 4.40. The first-order chi connectivity index (χ1) is 10.4. The average molecular weight is 328 g/mol. The van der Waals surface area contributed by atoms with Gasteiger partial charge in [0, 0.05) is 0 Å². The number of primary amides is 1. The van der Waals surface area contributed by atoms with Crippen molar-refractivity contribution in [2.24, 2.45) is 29.4 Å². The fourth-order valence-electron chi connectivity index (χ4n) is 5.38. The van der Waals surface area contributed by atoms with Crippen molar-refractivity contribution in [2.75, 3.05) is 5.75 Å². The Hall–Kier alpha value is -0.780. The van der Waals surface area contributed by atoms with Crippen LogP contribution in [0, 0.1) is 23.7 Å². The standard InChI is InChI=1S/C16H28N2O3S/c1-2-3-4-5-22(20,21)18(16(17)19)15-13-7-11-6-12(9-13)10-14(15)8-11/h11-15H,2-10H2,1H3,(H2,17,19). The van der Waals surface area contributed by atoms with E-state index in [0.29, 0.717) is 18.3 Å². The molecule has 0 saturated heterocycles. The number of carbonyl (C=O) groups excluding carboxylic acids is 1. The highest BCUT2D eigenvalue weighted by molar-refractivity contribution is 7.89. The lowest BCUT2D eigenvalue weighted by Gasteiger charge is -2.56. The first kappa shape index (κ1) is 16.1. The molecular weight excluding hydrogens is 300 g/mol. The molecule has 6 heteroatoms. The monoisotopic (exact) mass is 328 g/mol. The topological polar surface area (TPSA) is 80.5 Å². The van der Waals surface area contributed by atoms with Crippen molar-refractivity contribution in [3.05, 3.63) is 0 Å². The molecule has 4 bridgehead atoms. The largest absolute Gasteiger partial charge is 0.351 e. The van der Waals surface area contributed by atoms with Gasteiger partial charge < -0.3 is 5.73 Å². The normalized spacial score (nSPS) is 36.5. The molecule has 4 fully saturated rings. The summed E-state index contributed by atoms with van der Waals surface area (Å²) in [5.41, 5.74) is 5.51. The van der Waals surface area contributed by atoms with E-state index in [0.717, 1.165) is 54.7 Å². The summed E-state index contributed by atoms with van der Waals surface area (Å²) in [5.74, 6) is 2.22. The molecule has 0 heterocycles. The lowest BCUT2D eigenvalue weighted by atomic mass is 9.54. The molecule has 0 aromatic rings. The Morgan fingerprint density at radius 1 is 1.05 bits per heavy atom. The van der Waals surface area contributed by atoms with E-state index in [1.165, 1.54) is 6.42 Å². The van der Waals surface area contributed by atoms with Crippen LogP contribution in [0.25, 0.3) is 0 Å². The third-order valence-electron chi connectivity index (χ3n) is 5.97. The SMILES string of the molecule is CCCCCS(=O)(=O)N(C(N)=O)C1C2CC3CC(C2)CC1C3. The third kappa shape index (κ3) is 2.86. The number of unbranched alkanes of at least 4 members (excludes halogenated alkanes) is 2. The molecule has 4 aliphatic rings. The van der Waals surface area contributed by atoms with Crippen LogP contribution in [0.2, 0.25) is 0 Å². The van der Waals surface area contributed by atoms with Gasteiger partial charge in [-0.25, -0.2) is 17.5 Å². The zero-order valence-electron chi connectivity index (χ0n) is 13.4. The van der Waals surface area contributed by atoms with Crippen molar-refractivity contribution >= 4 is 16.1 Å². The molecule has 0 radical (unpaired) electrons. The van der Waals surface area contributed by atoms with E-state index >= 15 is 0 Å². The molecular formula is C16H28N2O3S. The van der Waals surface area contributed by atoms with Crippen LogP contribution in [-0.4, -0.2) is 30.5 Å². The predicted octanol–water partition coefficient (Wildman–Crippen LogP) is 2.71. The van der Waals surface area contributed by atoms with Crippen molar-refractivity contribution < 1.29 is 13.2 Å². The molecule has 0 atom stereocenters. The molecule has 0 spiro atoms. The van der Waals surface area contributed by atoms with Gasteiger partial charge >= 0.3 is 6.03 Å². The zero-order valence-corrected chi connectivity index (χ0v) is 14.2. The maximum Gasteiger partial charge on any atom is 0.328 e. The van der Waals surface area contributed by atoms with Gasteiger partial charge in [-0.1, -0.05) is 19.8 Å². The van der Waals surface area contributed by atoms with E-state index in [2.05, 4.69) is 0 Å². The summed E-state index contributed by atoms with van der Waals surface area (Å²) < 4.78 is 26.5. The Bertz CT molecular complexity index is 504. The van der Waals surface area contributed by atoms with Crippen molar-refractivity contribution in [1.82, 2.24) is 4.31 Å². The first-order valence-electron chi connectivity index (χ1n) is 8.74. The first-order valence-corrected chi connectivity index (χ1v) is 10.3. The van der Waals surface area contributed by atoms with E-state index < -0.39 is 16.1 Å². The number of nitrogens with two attached hydrogens (primary N) is 1. The number of rotatable bonds is 6. The van der Waals surface area contributed by atoms with Crippen molar-refractivity contribution in [3.8, 4) is 0 Å². The second-order valence-electron chi connectivity index (χ2n) is 7.58. The number of nitrogens with zero attached hydrogens (tertiary/aromatic N) is 1. The van der Waals surface area contributed by atoms with Gasteiger partial charge in [-0.15, -0.1) is 0 Å². The van der Waals surface area contributed by atoms with Gasteiger partial charge in [-0.3, -0.25) is 0 Å². The summed E-state index contributed by atoms with van der Waals surface area (Å²) in [7, 11) is -3.58. The van der Waals surface area contributed by atoms with Gasteiger partial charge in [0.1, 0.15) is 0 Å². The van der Waals surface area contributed by atoms with Crippen LogP contribution in [0.1, 0.15) is 58.3 Å². The minimum absolute atomic E-state index is 0.0482. The van der Waals surface area contributed by atoms with Gasteiger partial charge in [0.05, 0.1) is 11.8 Å². The van der Waals surface area contributed by atoms with Crippen molar-refractivity contribution in [1.29, 1.82) is 0 Å². The van der Waals surface area contributed by atoms with E-state index in [-0.39, 0.29) is 11.8 Å². The van der Waals surface area contributed by atoms with Crippen LogP contribution in [0.15, 0.2) is 0 Å². The van der Waals surface area contributed by atoms with Crippen molar-refractivity contribution in [3.63, 3.8) is 0 Å². The summed E-state index contributed by atoms with van der Waals surface area (Å²) >= 11 is 0. The predicted molar refractivity (Wildman–Crippen MR) is 85.6 cm³/mol. The lowest BCUT2D eigenvalue weighted by molar-refractivity contribution is -0.0308. The summed E-state index contributed by atoms with van der Waals surface area (Å²) in [6, 6.07) is -0.939. The summed E-state index contributed by atoms with van der Waals surface area (Å²) in [6.45, 7) is 2.04. The van der Waals surface area contributed by atoms with Gasteiger partial charge in [-0.05, 0) is 62.2 Å². The molecule has 0 aromatic heterocycles. The molecule has 0 unspecified atom stereocenters. The quantitative estimate of drug-likeness (QED) is 0.761. The molecule has 22 heavy (non-hydrogen) atoms. The second-order valence-corrected chi connectivity index (χ2v) is 9.54. The van der Waals surface area contributed by atoms with Gasteiger partial charge in [0.15, 0.2) is 0 Å². The molecule has 2 amide bonds. The number of urea groups is 1. The van der Waals surface area contributed by atoms with E-state index in [4.69, 9.17) is 5.73 Å². The van der Waals surface area contributed by atoms with Crippen LogP contribution in [0.4, 0.5) is 4.79 Å². The highest BCUT2D eigenvalue weighted by atomic mass is 32.2. The van der Waals surface area contributed by atoms with Crippen LogP contribution in [-0.2, 0) is 10.0 Å². The molecule has 4 rings (SSSR count). The van der Waals surface area contributed by atoms with E-state index in [9.17, 15) is 13.2 Å². The van der Waals surface area contributed by atoms with Crippen LogP contribution < -0.4 is 5.73 Å². The molecule has 0 aliphatic heterocycles. The number of hydrogen-bond acceptors (Lipinski definition) is 3. The fraction of sp³-hybridized carbons (Fsp3) is 0.938. The molecule has 0 aromatic carbocycles. The number of carbonyl (C=O) groups is 1. The van der Waals surface area contributed by atoms with Crippen LogP contribution in [0.5, 0.6) is 0 Å². The van der Waals surface area contributed by atoms with E-state index in [1.54, 1.807) is 0 Å². The Morgan fingerprint density at radius 3 is 2.05 bits per heavy atom. The summed E-state index contributed by atoms with van der Waals surface area (Å²) in [4.78, 5) is 12.0. The summed E-state index contributed by atoms with van der Waals surface area (Å²) in [6.07, 6.45) is 8.04. The minimum atomic E-state index is -3.58.